The third-order valence-electron chi connectivity index (χ3n) is 4.61. The van der Waals surface area contributed by atoms with E-state index < -0.39 is 0 Å². The number of amides is 1. The van der Waals surface area contributed by atoms with Gasteiger partial charge in [0.15, 0.2) is 0 Å². The minimum Gasteiger partial charge on any atom is -0.376 e. The molecule has 0 saturated carbocycles. The normalized spacial score (nSPS) is 18.1. The fraction of sp³-hybridized carbons (Fsp3) is 0.368. The Morgan fingerprint density at radius 1 is 1.48 bits per heavy atom. The summed E-state index contributed by atoms with van der Waals surface area (Å²) in [4.78, 5) is 23.0. The van der Waals surface area contributed by atoms with Gasteiger partial charge in [0, 0.05) is 25.2 Å². The highest BCUT2D eigenvalue weighted by Crippen LogP contribution is 2.31. The molecule has 0 spiro atoms. The second-order valence-electron chi connectivity index (χ2n) is 6.74. The van der Waals surface area contributed by atoms with Crippen LogP contribution in [0.1, 0.15) is 28.0 Å². The van der Waals surface area contributed by atoms with Gasteiger partial charge in [-0.1, -0.05) is 23.7 Å². The SMILES string of the molecule is Cc1nc2[nH]c(C(=O)Nc3ccccc3Cl)c(CN3CCO[C@@H](C)C3)c2s1. The van der Waals surface area contributed by atoms with E-state index in [-0.39, 0.29) is 12.0 Å². The molecule has 0 aliphatic carbocycles. The first-order valence-corrected chi connectivity index (χ1v) is 10.1. The number of benzene rings is 1. The van der Waals surface area contributed by atoms with Gasteiger partial charge in [0.05, 0.1) is 33.1 Å². The van der Waals surface area contributed by atoms with E-state index in [9.17, 15) is 4.79 Å². The zero-order chi connectivity index (χ0) is 19.0. The van der Waals surface area contributed by atoms with Crippen molar-refractivity contribution in [3.63, 3.8) is 0 Å². The molecule has 2 N–H and O–H groups in total. The number of carbonyl (C=O) groups excluding carboxylic acids is 1. The number of aromatic amines is 1. The second-order valence-corrected chi connectivity index (χ2v) is 8.35. The smallest absolute Gasteiger partial charge is 0.272 e. The zero-order valence-electron chi connectivity index (χ0n) is 15.2. The van der Waals surface area contributed by atoms with Crippen molar-refractivity contribution in [3.8, 4) is 0 Å². The zero-order valence-corrected chi connectivity index (χ0v) is 16.8. The highest BCUT2D eigenvalue weighted by molar-refractivity contribution is 7.18. The molecule has 3 heterocycles. The van der Waals surface area contributed by atoms with Crippen molar-refractivity contribution in [3.05, 3.63) is 45.6 Å². The lowest BCUT2D eigenvalue weighted by Gasteiger charge is -2.31. The van der Waals surface area contributed by atoms with Gasteiger partial charge in [-0.15, -0.1) is 11.3 Å². The first-order valence-electron chi connectivity index (χ1n) is 8.89. The summed E-state index contributed by atoms with van der Waals surface area (Å²) in [7, 11) is 0. The number of para-hydroxylation sites is 1. The Bertz CT molecular complexity index is 983. The Morgan fingerprint density at radius 3 is 3.07 bits per heavy atom. The van der Waals surface area contributed by atoms with E-state index in [0.717, 1.165) is 34.0 Å². The number of anilines is 1. The van der Waals surface area contributed by atoms with E-state index in [0.29, 0.717) is 29.6 Å². The third kappa shape index (κ3) is 3.87. The van der Waals surface area contributed by atoms with Gasteiger partial charge in [0.2, 0.25) is 0 Å². The minimum atomic E-state index is -0.206. The average molecular weight is 405 g/mol. The molecule has 1 aliphatic rings. The summed E-state index contributed by atoms with van der Waals surface area (Å²) in [6, 6.07) is 7.22. The predicted octanol–water partition coefficient (Wildman–Crippen LogP) is 4.06. The number of nitrogens with one attached hydrogen (secondary N) is 2. The Hall–Kier alpha value is -1.93. The van der Waals surface area contributed by atoms with Gasteiger partial charge >= 0.3 is 0 Å². The molecular formula is C19H21ClN4O2S. The molecular weight excluding hydrogens is 384 g/mol. The molecule has 1 saturated heterocycles. The molecule has 1 amide bonds. The molecule has 0 bridgehead atoms. The fourth-order valence-electron chi connectivity index (χ4n) is 3.37. The molecule has 2 aromatic heterocycles. The molecule has 27 heavy (non-hydrogen) atoms. The number of carbonyl (C=O) groups is 1. The largest absolute Gasteiger partial charge is 0.376 e. The Labute approximate surface area is 166 Å². The summed E-state index contributed by atoms with van der Waals surface area (Å²) >= 11 is 7.80. The van der Waals surface area contributed by atoms with E-state index in [1.165, 1.54) is 0 Å². The molecule has 0 radical (unpaired) electrons. The van der Waals surface area contributed by atoms with Crippen LogP contribution >= 0.6 is 22.9 Å². The van der Waals surface area contributed by atoms with Gasteiger partial charge < -0.3 is 15.0 Å². The van der Waals surface area contributed by atoms with Crippen molar-refractivity contribution in [1.82, 2.24) is 14.9 Å². The number of halogens is 1. The Morgan fingerprint density at radius 2 is 2.30 bits per heavy atom. The number of rotatable bonds is 4. The lowest BCUT2D eigenvalue weighted by atomic mass is 10.2. The van der Waals surface area contributed by atoms with Crippen molar-refractivity contribution in [2.75, 3.05) is 25.0 Å². The maximum atomic E-state index is 13.0. The quantitative estimate of drug-likeness (QED) is 0.688. The van der Waals surface area contributed by atoms with Crippen molar-refractivity contribution < 1.29 is 9.53 Å². The summed E-state index contributed by atoms with van der Waals surface area (Å²) in [5.41, 5.74) is 2.88. The van der Waals surface area contributed by atoms with Crippen molar-refractivity contribution in [2.24, 2.45) is 0 Å². The van der Waals surface area contributed by atoms with E-state index in [4.69, 9.17) is 16.3 Å². The predicted molar refractivity (Wildman–Crippen MR) is 109 cm³/mol. The summed E-state index contributed by atoms with van der Waals surface area (Å²) in [5.74, 6) is -0.206. The van der Waals surface area contributed by atoms with Crippen LogP contribution in [-0.2, 0) is 11.3 Å². The number of ether oxygens (including phenoxy) is 1. The van der Waals surface area contributed by atoms with Gasteiger partial charge in [-0.2, -0.15) is 0 Å². The standard InChI is InChI=1S/C19H21ClN4O2S/c1-11-9-24(7-8-26-11)10-13-16(23-18-17(13)27-12(2)21-18)19(25)22-15-6-4-3-5-14(15)20/h3-6,11,23H,7-10H2,1-2H3,(H,22,25)/t11-/m0/s1. The number of thiazole rings is 1. The van der Waals surface area contributed by atoms with Gasteiger partial charge in [-0.3, -0.25) is 9.69 Å². The van der Waals surface area contributed by atoms with Crippen molar-refractivity contribution in [2.45, 2.75) is 26.5 Å². The molecule has 1 aromatic carbocycles. The van der Waals surface area contributed by atoms with Crippen LogP contribution < -0.4 is 5.32 Å². The van der Waals surface area contributed by atoms with Gasteiger partial charge in [0.25, 0.3) is 5.91 Å². The summed E-state index contributed by atoms with van der Waals surface area (Å²) < 4.78 is 6.67. The summed E-state index contributed by atoms with van der Waals surface area (Å²) in [6.07, 6.45) is 0.191. The Kier molecular flexibility index (Phi) is 5.19. The molecule has 1 aliphatic heterocycles. The molecule has 1 atom stereocenters. The maximum Gasteiger partial charge on any atom is 0.272 e. The fourth-order valence-corrected chi connectivity index (χ4v) is 4.47. The monoisotopic (exact) mass is 404 g/mol. The number of aromatic nitrogens is 2. The number of fused-ring (bicyclic) bond motifs is 1. The van der Waals surface area contributed by atoms with Crippen LogP contribution in [0.5, 0.6) is 0 Å². The van der Waals surface area contributed by atoms with Crippen LogP contribution in [0, 0.1) is 6.92 Å². The topological polar surface area (TPSA) is 70.2 Å². The van der Waals surface area contributed by atoms with E-state index in [1.807, 2.05) is 19.1 Å². The first-order chi connectivity index (χ1) is 13.0. The lowest BCUT2D eigenvalue weighted by molar-refractivity contribution is -0.0211. The Balaban J connectivity index is 1.66. The number of hydrogen-bond acceptors (Lipinski definition) is 5. The first kappa shape index (κ1) is 18.4. The summed E-state index contributed by atoms with van der Waals surface area (Å²) in [6.45, 7) is 7.12. The van der Waals surface area contributed by atoms with Crippen LogP contribution in [0.25, 0.3) is 10.3 Å². The van der Waals surface area contributed by atoms with E-state index >= 15 is 0 Å². The van der Waals surface area contributed by atoms with Crippen LogP contribution in [0.3, 0.4) is 0 Å². The van der Waals surface area contributed by atoms with Gasteiger partial charge in [-0.25, -0.2) is 4.98 Å². The second kappa shape index (κ2) is 7.59. The number of morpholine rings is 1. The molecule has 1 fully saturated rings. The summed E-state index contributed by atoms with van der Waals surface area (Å²) in [5, 5.41) is 4.40. The number of nitrogens with zero attached hydrogens (tertiary/aromatic N) is 2. The highest BCUT2D eigenvalue weighted by atomic mass is 35.5. The maximum absolute atomic E-state index is 13.0. The number of H-pyrrole nitrogens is 1. The molecule has 3 aromatic rings. The van der Waals surface area contributed by atoms with Crippen LogP contribution in [-0.4, -0.2) is 46.6 Å². The highest BCUT2D eigenvalue weighted by Gasteiger charge is 2.25. The third-order valence-corrected chi connectivity index (χ3v) is 5.97. The van der Waals surface area contributed by atoms with Crippen LogP contribution in [0.4, 0.5) is 5.69 Å². The van der Waals surface area contributed by atoms with Gasteiger partial charge in [-0.05, 0) is 26.0 Å². The van der Waals surface area contributed by atoms with E-state index in [1.54, 1.807) is 23.5 Å². The minimum absolute atomic E-state index is 0.191. The average Bonchev–Trinajstić information content (AvgIpc) is 3.14. The van der Waals surface area contributed by atoms with Gasteiger partial charge in [0.1, 0.15) is 11.3 Å². The number of aryl methyl sites for hydroxylation is 1. The number of hydrogen-bond donors (Lipinski definition) is 2. The molecule has 4 rings (SSSR count). The molecule has 0 unspecified atom stereocenters. The van der Waals surface area contributed by atoms with Crippen LogP contribution in [0.2, 0.25) is 5.02 Å². The van der Waals surface area contributed by atoms with Crippen molar-refractivity contribution in [1.29, 1.82) is 0 Å². The van der Waals surface area contributed by atoms with E-state index in [2.05, 4.69) is 27.1 Å². The molecule has 6 nitrogen and oxygen atoms in total. The van der Waals surface area contributed by atoms with Crippen molar-refractivity contribution >= 4 is 44.9 Å². The lowest BCUT2D eigenvalue weighted by Crippen LogP contribution is -2.40. The molecule has 142 valence electrons. The van der Waals surface area contributed by atoms with Crippen LogP contribution in [0.15, 0.2) is 24.3 Å². The molecule has 8 heteroatoms.